The van der Waals surface area contributed by atoms with Gasteiger partial charge in [0.2, 0.25) is 15.9 Å². The zero-order valence-electron chi connectivity index (χ0n) is 13.6. The molecule has 0 N–H and O–H groups in total. The third-order valence-corrected chi connectivity index (χ3v) is 6.21. The summed E-state index contributed by atoms with van der Waals surface area (Å²) in [5, 5.41) is 0. The summed E-state index contributed by atoms with van der Waals surface area (Å²) in [7, 11) is -3.63. The molecule has 8 heteroatoms. The van der Waals surface area contributed by atoms with E-state index in [1.165, 1.54) is 12.1 Å². The minimum atomic E-state index is -3.63. The van der Waals surface area contributed by atoms with E-state index in [1.54, 1.807) is 24.0 Å². The number of rotatable bonds is 2. The van der Waals surface area contributed by atoms with Crippen LogP contribution in [0.1, 0.15) is 24.2 Å². The Labute approximate surface area is 141 Å². The third-order valence-electron chi connectivity index (χ3n) is 4.34. The van der Waals surface area contributed by atoms with Crippen LogP contribution >= 0.6 is 0 Å². The van der Waals surface area contributed by atoms with Crippen molar-refractivity contribution in [2.75, 3.05) is 29.8 Å². The van der Waals surface area contributed by atoms with E-state index < -0.39 is 21.8 Å². The first-order chi connectivity index (χ1) is 11.3. The number of carbonyl (C=O) groups excluding carboxylic acids is 2. The van der Waals surface area contributed by atoms with Crippen LogP contribution in [0.3, 0.4) is 0 Å². The van der Waals surface area contributed by atoms with Gasteiger partial charge in [0.15, 0.2) is 0 Å². The monoisotopic (exact) mass is 352 g/mol. The maximum atomic E-state index is 12.6. The van der Waals surface area contributed by atoms with E-state index in [2.05, 4.69) is 0 Å². The van der Waals surface area contributed by atoms with Gasteiger partial charge in [-0.1, -0.05) is 6.92 Å². The first-order valence-corrected chi connectivity index (χ1v) is 9.48. The zero-order chi connectivity index (χ0) is 17.5. The number of ether oxygens (including phenoxy) is 1. The Morgan fingerprint density at radius 3 is 2.42 bits per heavy atom. The van der Waals surface area contributed by atoms with Gasteiger partial charge in [-0.2, -0.15) is 0 Å². The first-order valence-electron chi connectivity index (χ1n) is 7.87. The molecular weight excluding hydrogens is 332 g/mol. The van der Waals surface area contributed by atoms with Crippen molar-refractivity contribution >= 4 is 27.5 Å². The minimum Gasteiger partial charge on any atom is -0.377 e. The van der Waals surface area contributed by atoms with Gasteiger partial charge in [-0.15, -0.1) is 0 Å². The highest BCUT2D eigenvalue weighted by Crippen LogP contribution is 2.28. The first kappa shape index (κ1) is 16.9. The molecule has 0 spiro atoms. The number of hydrogen-bond donors (Lipinski definition) is 0. The van der Waals surface area contributed by atoms with Gasteiger partial charge in [-0.3, -0.25) is 9.59 Å². The second-order valence-corrected chi connectivity index (χ2v) is 8.11. The van der Waals surface area contributed by atoms with E-state index in [1.807, 2.05) is 6.92 Å². The summed E-state index contributed by atoms with van der Waals surface area (Å²) < 4.78 is 30.4. The molecule has 0 saturated carbocycles. The fourth-order valence-corrected chi connectivity index (χ4v) is 4.84. The van der Waals surface area contributed by atoms with Crippen LogP contribution in [-0.2, 0) is 19.6 Å². The van der Waals surface area contributed by atoms with Crippen molar-refractivity contribution < 1.29 is 22.7 Å². The Hall–Kier alpha value is -1.93. The lowest BCUT2D eigenvalue weighted by Crippen LogP contribution is -2.47. The van der Waals surface area contributed by atoms with Crippen LogP contribution in [0.4, 0.5) is 5.69 Å². The van der Waals surface area contributed by atoms with Crippen molar-refractivity contribution in [2.24, 2.45) is 5.92 Å². The molecule has 2 heterocycles. The predicted molar refractivity (Wildman–Crippen MR) is 88.2 cm³/mol. The van der Waals surface area contributed by atoms with Crippen LogP contribution in [0.25, 0.3) is 0 Å². The molecule has 2 aliphatic heterocycles. The summed E-state index contributed by atoms with van der Waals surface area (Å²) in [6, 6.07) is 6.13. The lowest BCUT2D eigenvalue weighted by Gasteiger charge is -2.33. The van der Waals surface area contributed by atoms with Crippen LogP contribution in [0.2, 0.25) is 0 Å². The Kier molecular flexibility index (Phi) is 4.35. The quantitative estimate of drug-likeness (QED) is 0.788. The molecule has 2 amide bonds. The average Bonchev–Trinajstić information content (AvgIpc) is 2.75. The van der Waals surface area contributed by atoms with Crippen molar-refractivity contribution in [1.29, 1.82) is 0 Å². The van der Waals surface area contributed by atoms with Gasteiger partial charge in [0.05, 0.1) is 36.6 Å². The SMILES string of the molecule is CC1CS(=O)(=O)N(c2ccc(C(=O)N3CCOCC3C)cc2)C1=O. The van der Waals surface area contributed by atoms with E-state index >= 15 is 0 Å². The van der Waals surface area contributed by atoms with Crippen LogP contribution < -0.4 is 4.31 Å². The lowest BCUT2D eigenvalue weighted by atomic mass is 10.1. The largest absolute Gasteiger partial charge is 0.377 e. The molecule has 0 radical (unpaired) electrons. The Morgan fingerprint density at radius 2 is 1.88 bits per heavy atom. The molecule has 2 saturated heterocycles. The van der Waals surface area contributed by atoms with Crippen molar-refractivity contribution in [1.82, 2.24) is 4.90 Å². The molecule has 7 nitrogen and oxygen atoms in total. The summed E-state index contributed by atoms with van der Waals surface area (Å²) in [5.41, 5.74) is 0.737. The van der Waals surface area contributed by atoms with Gasteiger partial charge in [0.25, 0.3) is 5.91 Å². The fraction of sp³-hybridized carbons (Fsp3) is 0.500. The maximum absolute atomic E-state index is 12.6. The lowest BCUT2D eigenvalue weighted by molar-refractivity contribution is -0.119. The van der Waals surface area contributed by atoms with Gasteiger partial charge >= 0.3 is 0 Å². The van der Waals surface area contributed by atoms with E-state index in [-0.39, 0.29) is 23.4 Å². The molecule has 2 unspecified atom stereocenters. The predicted octanol–water partition coefficient (Wildman–Crippen LogP) is 0.860. The topological polar surface area (TPSA) is 84.0 Å². The number of hydrogen-bond acceptors (Lipinski definition) is 5. The van der Waals surface area contributed by atoms with Gasteiger partial charge in [0, 0.05) is 12.1 Å². The molecule has 2 atom stereocenters. The molecule has 2 aliphatic rings. The molecule has 1 aromatic rings. The van der Waals surface area contributed by atoms with Gasteiger partial charge < -0.3 is 9.64 Å². The number of amides is 2. The number of nitrogens with zero attached hydrogens (tertiary/aromatic N) is 2. The smallest absolute Gasteiger partial charge is 0.254 e. The van der Waals surface area contributed by atoms with Crippen LogP contribution in [0, 0.1) is 5.92 Å². The number of carbonyl (C=O) groups is 2. The molecule has 24 heavy (non-hydrogen) atoms. The fourth-order valence-electron chi connectivity index (χ4n) is 3.02. The summed E-state index contributed by atoms with van der Waals surface area (Å²) in [6.45, 7) is 5.05. The molecule has 1 aromatic carbocycles. The zero-order valence-corrected chi connectivity index (χ0v) is 14.5. The Morgan fingerprint density at radius 1 is 1.21 bits per heavy atom. The molecule has 0 aromatic heterocycles. The molecule has 130 valence electrons. The second kappa shape index (κ2) is 6.18. The molecule has 0 aliphatic carbocycles. The van der Waals surface area contributed by atoms with Gasteiger partial charge in [-0.25, -0.2) is 12.7 Å². The third kappa shape index (κ3) is 2.91. The van der Waals surface area contributed by atoms with Crippen molar-refractivity contribution in [2.45, 2.75) is 19.9 Å². The van der Waals surface area contributed by atoms with Gasteiger partial charge in [0.1, 0.15) is 0 Å². The van der Waals surface area contributed by atoms with Crippen molar-refractivity contribution in [3.63, 3.8) is 0 Å². The van der Waals surface area contributed by atoms with Crippen LogP contribution in [0.5, 0.6) is 0 Å². The Bertz CT molecular complexity index is 759. The standard InChI is InChI=1S/C16H20N2O5S/c1-11-10-24(21,22)18(15(11)19)14-5-3-13(4-6-14)16(20)17-7-8-23-9-12(17)2/h3-6,11-12H,7-10H2,1-2H3. The van der Waals surface area contributed by atoms with Crippen molar-refractivity contribution in [3.05, 3.63) is 29.8 Å². The maximum Gasteiger partial charge on any atom is 0.254 e. The number of sulfonamides is 1. The normalized spacial score (nSPS) is 26.7. The van der Waals surface area contributed by atoms with Crippen LogP contribution in [-0.4, -0.2) is 56.7 Å². The summed E-state index contributed by atoms with van der Waals surface area (Å²) >= 11 is 0. The van der Waals surface area contributed by atoms with E-state index in [4.69, 9.17) is 4.74 Å². The highest BCUT2D eigenvalue weighted by atomic mass is 32.2. The van der Waals surface area contributed by atoms with Crippen LogP contribution in [0.15, 0.2) is 24.3 Å². The van der Waals surface area contributed by atoms with Gasteiger partial charge in [-0.05, 0) is 31.2 Å². The highest BCUT2D eigenvalue weighted by molar-refractivity contribution is 7.94. The average molecular weight is 352 g/mol. The molecule has 3 rings (SSSR count). The van der Waals surface area contributed by atoms with Crippen molar-refractivity contribution in [3.8, 4) is 0 Å². The minimum absolute atomic E-state index is 0.00712. The summed E-state index contributed by atoms with van der Waals surface area (Å²) in [6.07, 6.45) is 0. The highest BCUT2D eigenvalue weighted by Gasteiger charge is 2.42. The van der Waals surface area contributed by atoms with E-state index in [0.717, 1.165) is 4.31 Å². The summed E-state index contributed by atoms with van der Waals surface area (Å²) in [4.78, 5) is 26.4. The molecule has 2 fully saturated rings. The second-order valence-electron chi connectivity index (χ2n) is 6.25. The van der Waals surface area contributed by atoms with E-state index in [0.29, 0.717) is 25.3 Å². The molecule has 0 bridgehead atoms. The number of anilines is 1. The number of benzene rings is 1. The molecular formula is C16H20N2O5S. The number of morpholine rings is 1. The summed E-state index contributed by atoms with van der Waals surface area (Å²) in [5.74, 6) is -1.29. The van der Waals surface area contributed by atoms with E-state index in [9.17, 15) is 18.0 Å². The Balaban J connectivity index is 1.83.